The molecule has 2 aliphatic rings. The van der Waals surface area contributed by atoms with Crippen molar-refractivity contribution in [1.29, 1.82) is 0 Å². The van der Waals surface area contributed by atoms with Gasteiger partial charge < -0.3 is 5.73 Å². The van der Waals surface area contributed by atoms with Crippen molar-refractivity contribution < 1.29 is 0 Å². The zero-order valence-corrected chi connectivity index (χ0v) is 16.8. The van der Waals surface area contributed by atoms with E-state index in [1.807, 2.05) is 0 Å². The lowest BCUT2D eigenvalue weighted by Crippen LogP contribution is -2.46. The highest BCUT2D eigenvalue weighted by atomic mass is 14.6. The van der Waals surface area contributed by atoms with Gasteiger partial charge in [-0.3, -0.25) is 0 Å². The van der Waals surface area contributed by atoms with Gasteiger partial charge in [-0.2, -0.15) is 0 Å². The van der Waals surface area contributed by atoms with Gasteiger partial charge in [0.2, 0.25) is 0 Å². The maximum Gasteiger partial charge on any atom is -0.00772 e. The van der Waals surface area contributed by atoms with Crippen LogP contribution in [0.15, 0.2) is 0 Å². The number of nitrogens with two attached hydrogens (primary N) is 1. The predicted octanol–water partition coefficient (Wildman–Crippen LogP) is 6.27. The van der Waals surface area contributed by atoms with E-state index in [4.69, 9.17) is 5.73 Å². The van der Waals surface area contributed by atoms with Gasteiger partial charge in [0.15, 0.2) is 0 Å². The van der Waals surface area contributed by atoms with E-state index in [-0.39, 0.29) is 0 Å². The molecule has 2 fully saturated rings. The average Bonchev–Trinajstić information content (AvgIpc) is 2.90. The maximum atomic E-state index is 5.76. The molecule has 2 rings (SSSR count). The van der Waals surface area contributed by atoms with Crippen LogP contribution in [-0.2, 0) is 0 Å². The third-order valence-corrected chi connectivity index (χ3v) is 8.81. The smallest absolute Gasteiger partial charge is 0.00772 e. The molecule has 1 heteroatoms. The van der Waals surface area contributed by atoms with Crippen LogP contribution in [0.1, 0.15) is 92.9 Å². The molecule has 0 amide bonds. The second-order valence-electron chi connectivity index (χ2n) is 9.57. The van der Waals surface area contributed by atoms with Crippen molar-refractivity contribution in [2.75, 3.05) is 6.54 Å². The monoisotopic (exact) mass is 321 g/mol. The summed E-state index contributed by atoms with van der Waals surface area (Å²) in [5.41, 5.74) is 6.92. The molecule has 5 unspecified atom stereocenters. The number of rotatable bonds is 7. The highest BCUT2D eigenvalue weighted by Gasteiger charge is 2.55. The van der Waals surface area contributed by atoms with Crippen molar-refractivity contribution in [1.82, 2.24) is 0 Å². The topological polar surface area (TPSA) is 26.0 Å². The Kier molecular flexibility index (Phi) is 6.26. The minimum atomic E-state index is 0.560. The summed E-state index contributed by atoms with van der Waals surface area (Å²) in [6.07, 6.45) is 11.1. The van der Waals surface area contributed by atoms with Gasteiger partial charge in [-0.1, -0.05) is 54.4 Å². The average molecular weight is 322 g/mol. The van der Waals surface area contributed by atoms with Crippen LogP contribution in [0.4, 0.5) is 0 Å². The van der Waals surface area contributed by atoms with E-state index in [0.717, 1.165) is 36.1 Å². The van der Waals surface area contributed by atoms with Gasteiger partial charge in [-0.25, -0.2) is 0 Å². The summed E-state index contributed by atoms with van der Waals surface area (Å²) in [6, 6.07) is 0. The molecular weight excluding hydrogens is 278 g/mol. The van der Waals surface area contributed by atoms with Gasteiger partial charge in [0.1, 0.15) is 0 Å². The van der Waals surface area contributed by atoms with E-state index < -0.39 is 0 Å². The molecule has 1 nitrogen and oxygen atoms in total. The summed E-state index contributed by atoms with van der Waals surface area (Å²) in [5.74, 6) is 4.61. The van der Waals surface area contributed by atoms with Crippen LogP contribution in [-0.4, -0.2) is 6.54 Å². The number of hydrogen-bond donors (Lipinski definition) is 1. The Morgan fingerprint density at radius 2 is 1.83 bits per heavy atom. The molecule has 6 atom stereocenters. The first kappa shape index (κ1) is 19.3. The Morgan fingerprint density at radius 3 is 2.39 bits per heavy atom. The van der Waals surface area contributed by atoms with E-state index in [1.54, 1.807) is 0 Å². The summed E-state index contributed by atoms with van der Waals surface area (Å²) >= 11 is 0. The maximum absolute atomic E-state index is 5.76. The van der Waals surface area contributed by atoms with Crippen molar-refractivity contribution in [2.24, 2.45) is 46.2 Å². The number of fused-ring (bicyclic) bond motifs is 1. The van der Waals surface area contributed by atoms with Crippen LogP contribution in [0.5, 0.6) is 0 Å². The first-order valence-electron chi connectivity index (χ1n) is 10.5. The lowest BCUT2D eigenvalue weighted by Gasteiger charge is -2.53. The Balaban J connectivity index is 2.14. The SMILES string of the molecule is CCC(C)(CC)C1CCC2(C)C(CCC2[C@H](C)CCCN)C1C. The fourth-order valence-electron chi connectivity index (χ4n) is 6.87. The van der Waals surface area contributed by atoms with Crippen molar-refractivity contribution in [3.63, 3.8) is 0 Å². The van der Waals surface area contributed by atoms with Crippen LogP contribution in [0.3, 0.4) is 0 Å². The molecule has 136 valence electrons. The van der Waals surface area contributed by atoms with Gasteiger partial charge >= 0.3 is 0 Å². The van der Waals surface area contributed by atoms with Crippen molar-refractivity contribution >= 4 is 0 Å². The van der Waals surface area contributed by atoms with Gasteiger partial charge in [-0.05, 0) is 85.5 Å². The highest BCUT2D eigenvalue weighted by molar-refractivity contribution is 5.04. The molecule has 0 radical (unpaired) electrons. The molecular formula is C22H43N. The Bertz CT molecular complexity index is 372. The molecule has 2 saturated carbocycles. The van der Waals surface area contributed by atoms with Gasteiger partial charge in [0.05, 0.1) is 0 Å². The van der Waals surface area contributed by atoms with Gasteiger partial charge in [0, 0.05) is 0 Å². The zero-order valence-electron chi connectivity index (χ0n) is 16.8. The molecule has 2 aliphatic carbocycles. The highest BCUT2D eigenvalue weighted by Crippen LogP contribution is 2.63. The molecule has 0 heterocycles. The van der Waals surface area contributed by atoms with E-state index >= 15 is 0 Å². The lowest BCUT2D eigenvalue weighted by molar-refractivity contribution is -0.0437. The fraction of sp³-hybridized carbons (Fsp3) is 1.00. The largest absolute Gasteiger partial charge is 0.330 e. The standard InChI is InChI=1S/C22H43N/c1-7-21(5,8-2)19-13-14-22(6)18(16(3)10-9-15-23)11-12-20(22)17(19)4/h16-20H,7-15,23H2,1-6H3/t16-,17?,18?,19?,20?,22?/m1/s1. The third-order valence-electron chi connectivity index (χ3n) is 8.81. The normalized spacial score (nSPS) is 39.3. The number of hydrogen-bond acceptors (Lipinski definition) is 1. The molecule has 2 N–H and O–H groups in total. The first-order chi connectivity index (χ1) is 10.8. The molecule has 0 aromatic carbocycles. The predicted molar refractivity (Wildman–Crippen MR) is 102 cm³/mol. The molecule has 0 spiro atoms. The molecule has 0 saturated heterocycles. The first-order valence-corrected chi connectivity index (χ1v) is 10.5. The summed E-state index contributed by atoms with van der Waals surface area (Å²) < 4.78 is 0. The second kappa shape index (κ2) is 7.46. The molecule has 0 aliphatic heterocycles. The second-order valence-corrected chi connectivity index (χ2v) is 9.57. The van der Waals surface area contributed by atoms with Crippen molar-refractivity contribution in [2.45, 2.75) is 92.9 Å². The molecule has 23 heavy (non-hydrogen) atoms. The van der Waals surface area contributed by atoms with E-state index in [0.29, 0.717) is 10.8 Å². The van der Waals surface area contributed by atoms with E-state index in [9.17, 15) is 0 Å². The van der Waals surface area contributed by atoms with E-state index in [2.05, 4.69) is 41.5 Å². The Morgan fingerprint density at radius 1 is 1.17 bits per heavy atom. The molecule has 0 bridgehead atoms. The summed E-state index contributed by atoms with van der Waals surface area (Å²) in [5, 5.41) is 0. The van der Waals surface area contributed by atoms with Crippen LogP contribution >= 0.6 is 0 Å². The molecule has 0 aromatic heterocycles. The summed E-state index contributed by atoms with van der Waals surface area (Å²) in [4.78, 5) is 0. The minimum Gasteiger partial charge on any atom is -0.330 e. The van der Waals surface area contributed by atoms with Crippen LogP contribution in [0.2, 0.25) is 0 Å². The third kappa shape index (κ3) is 3.37. The van der Waals surface area contributed by atoms with E-state index in [1.165, 1.54) is 51.4 Å². The Hall–Kier alpha value is -0.0400. The quantitative estimate of drug-likeness (QED) is 0.588. The molecule has 0 aromatic rings. The van der Waals surface area contributed by atoms with Crippen molar-refractivity contribution in [3.8, 4) is 0 Å². The summed E-state index contributed by atoms with van der Waals surface area (Å²) in [6.45, 7) is 16.0. The Labute approximate surface area is 146 Å². The van der Waals surface area contributed by atoms with Gasteiger partial charge in [-0.15, -0.1) is 0 Å². The van der Waals surface area contributed by atoms with Crippen molar-refractivity contribution in [3.05, 3.63) is 0 Å². The van der Waals surface area contributed by atoms with Gasteiger partial charge in [0.25, 0.3) is 0 Å². The lowest BCUT2D eigenvalue weighted by atomic mass is 9.52. The van der Waals surface area contributed by atoms with Crippen LogP contribution in [0, 0.1) is 40.4 Å². The van der Waals surface area contributed by atoms with Crippen LogP contribution in [0.25, 0.3) is 0 Å². The fourth-order valence-corrected chi connectivity index (χ4v) is 6.87. The summed E-state index contributed by atoms with van der Waals surface area (Å²) in [7, 11) is 0. The minimum absolute atomic E-state index is 0.560. The zero-order chi connectivity index (χ0) is 17.3. The van der Waals surface area contributed by atoms with Crippen LogP contribution < -0.4 is 5.73 Å².